The number of ether oxygens (including phenoxy) is 2. The second-order valence-electron chi connectivity index (χ2n) is 6.57. The minimum Gasteiger partial charge on any atom is -0.497 e. The van der Waals surface area contributed by atoms with Crippen molar-refractivity contribution in [2.24, 2.45) is 0 Å². The van der Waals surface area contributed by atoms with Crippen LogP contribution >= 0.6 is 0 Å². The minimum absolute atomic E-state index is 0.0623. The molecule has 1 atom stereocenters. The normalized spacial score (nSPS) is 16.3. The van der Waals surface area contributed by atoms with Gasteiger partial charge in [0, 0.05) is 62.5 Å². The van der Waals surface area contributed by atoms with Gasteiger partial charge in [-0.2, -0.15) is 0 Å². The lowest BCUT2D eigenvalue weighted by Crippen LogP contribution is -2.53. The Labute approximate surface area is 165 Å². The summed E-state index contributed by atoms with van der Waals surface area (Å²) in [6.45, 7) is 4.38. The van der Waals surface area contributed by atoms with Gasteiger partial charge in [-0.3, -0.25) is 14.9 Å². The van der Waals surface area contributed by atoms with Crippen molar-refractivity contribution in [2.75, 3.05) is 45.3 Å². The van der Waals surface area contributed by atoms with E-state index >= 15 is 0 Å². The summed E-state index contributed by atoms with van der Waals surface area (Å²) in [5.41, 5.74) is 1.00. The van der Waals surface area contributed by atoms with Crippen molar-refractivity contribution in [1.29, 1.82) is 0 Å². The van der Waals surface area contributed by atoms with Gasteiger partial charge >= 0.3 is 6.03 Å². The van der Waals surface area contributed by atoms with E-state index in [9.17, 15) is 14.4 Å². The minimum atomic E-state index is -0.557. The van der Waals surface area contributed by atoms with Crippen LogP contribution in [0.1, 0.15) is 19.8 Å². The van der Waals surface area contributed by atoms with Crippen LogP contribution in [0.25, 0.3) is 0 Å². The molecule has 0 bridgehead atoms. The standard InChI is InChI=1S/C19H28N4O5/c1-14-12-22(18(25)5-4-6-20-19(26)21-13-24)7-8-23(14)15-9-16(27-2)11-17(10-15)28-3/h9-11,13-14H,4-8,12H2,1-3H3,(H2,20,21,24,26)/t14-/m0/s1. The number of imide groups is 1. The number of nitrogens with one attached hydrogen (secondary N) is 2. The van der Waals surface area contributed by atoms with Crippen molar-refractivity contribution in [2.45, 2.75) is 25.8 Å². The molecule has 1 aromatic carbocycles. The number of hydrogen-bond acceptors (Lipinski definition) is 6. The molecule has 9 heteroatoms. The van der Waals surface area contributed by atoms with E-state index < -0.39 is 6.03 Å². The Morgan fingerprint density at radius 3 is 2.43 bits per heavy atom. The molecule has 1 aliphatic heterocycles. The van der Waals surface area contributed by atoms with Gasteiger partial charge in [0.1, 0.15) is 11.5 Å². The molecule has 9 nitrogen and oxygen atoms in total. The highest BCUT2D eigenvalue weighted by Crippen LogP contribution is 2.30. The van der Waals surface area contributed by atoms with Crippen molar-refractivity contribution >= 4 is 24.0 Å². The summed E-state index contributed by atoms with van der Waals surface area (Å²) in [6.07, 6.45) is 1.19. The first-order valence-electron chi connectivity index (χ1n) is 9.24. The van der Waals surface area contributed by atoms with Crippen LogP contribution in [0.5, 0.6) is 11.5 Å². The number of carbonyl (C=O) groups excluding carboxylic acids is 3. The summed E-state index contributed by atoms with van der Waals surface area (Å²) in [5.74, 6) is 1.52. The molecule has 1 aromatic rings. The van der Waals surface area contributed by atoms with Crippen LogP contribution in [0, 0.1) is 0 Å². The summed E-state index contributed by atoms with van der Waals surface area (Å²) in [6, 6.07) is 5.35. The van der Waals surface area contributed by atoms with Crippen LogP contribution < -0.4 is 25.0 Å². The smallest absolute Gasteiger partial charge is 0.321 e. The Balaban J connectivity index is 1.86. The molecule has 1 saturated heterocycles. The Hall–Kier alpha value is -2.97. The van der Waals surface area contributed by atoms with Gasteiger partial charge in [0.05, 0.1) is 14.2 Å². The SMILES string of the molecule is COc1cc(OC)cc(N2CCN(C(=O)CCCNC(=O)NC=O)C[C@@H]2C)c1. The first-order chi connectivity index (χ1) is 13.5. The first-order valence-corrected chi connectivity index (χ1v) is 9.24. The van der Waals surface area contributed by atoms with Crippen LogP contribution in [0.4, 0.5) is 10.5 Å². The number of anilines is 1. The van der Waals surface area contributed by atoms with E-state index in [2.05, 4.69) is 17.1 Å². The Bertz CT molecular complexity index is 675. The number of rotatable bonds is 8. The van der Waals surface area contributed by atoms with Crippen molar-refractivity contribution < 1.29 is 23.9 Å². The highest BCUT2D eigenvalue weighted by Gasteiger charge is 2.27. The molecule has 0 unspecified atom stereocenters. The van der Waals surface area contributed by atoms with Crippen LogP contribution in [0.3, 0.4) is 0 Å². The quantitative estimate of drug-likeness (QED) is 0.505. The van der Waals surface area contributed by atoms with E-state index in [0.29, 0.717) is 45.4 Å². The van der Waals surface area contributed by atoms with Gasteiger partial charge in [0.2, 0.25) is 12.3 Å². The fourth-order valence-electron chi connectivity index (χ4n) is 3.23. The molecule has 1 fully saturated rings. The molecule has 0 spiro atoms. The predicted octanol–water partition coefficient (Wildman–Crippen LogP) is 0.977. The number of hydrogen-bond donors (Lipinski definition) is 2. The third-order valence-electron chi connectivity index (χ3n) is 4.69. The molecule has 4 amide bonds. The van der Waals surface area contributed by atoms with E-state index in [1.807, 2.05) is 28.4 Å². The largest absolute Gasteiger partial charge is 0.497 e. The Morgan fingerprint density at radius 2 is 1.86 bits per heavy atom. The van der Waals surface area contributed by atoms with Gasteiger partial charge in [-0.15, -0.1) is 0 Å². The lowest BCUT2D eigenvalue weighted by molar-refractivity contribution is -0.132. The second kappa shape index (κ2) is 10.4. The molecule has 0 radical (unpaired) electrons. The van der Waals surface area contributed by atoms with Crippen molar-refractivity contribution in [3.8, 4) is 11.5 Å². The zero-order chi connectivity index (χ0) is 20.5. The molecular formula is C19H28N4O5. The number of benzene rings is 1. The molecule has 1 heterocycles. The topological polar surface area (TPSA) is 100 Å². The van der Waals surface area contributed by atoms with Gasteiger partial charge < -0.3 is 24.6 Å². The zero-order valence-electron chi connectivity index (χ0n) is 16.6. The van der Waals surface area contributed by atoms with E-state index in [0.717, 1.165) is 17.2 Å². The highest BCUT2D eigenvalue weighted by molar-refractivity contribution is 5.84. The highest BCUT2D eigenvalue weighted by atomic mass is 16.5. The molecule has 0 aromatic heterocycles. The molecule has 28 heavy (non-hydrogen) atoms. The zero-order valence-corrected chi connectivity index (χ0v) is 16.6. The van der Waals surface area contributed by atoms with Gasteiger partial charge in [0.15, 0.2) is 0 Å². The average molecular weight is 392 g/mol. The summed E-state index contributed by atoms with van der Waals surface area (Å²) >= 11 is 0. The average Bonchev–Trinajstić information content (AvgIpc) is 2.70. The molecule has 0 saturated carbocycles. The maximum absolute atomic E-state index is 12.4. The van der Waals surface area contributed by atoms with E-state index in [1.54, 1.807) is 14.2 Å². The fourth-order valence-corrected chi connectivity index (χ4v) is 3.23. The summed E-state index contributed by atoms with van der Waals surface area (Å²) in [5, 5.41) is 4.51. The van der Waals surface area contributed by atoms with Crippen molar-refractivity contribution in [3.63, 3.8) is 0 Å². The summed E-state index contributed by atoms with van der Waals surface area (Å²) < 4.78 is 10.7. The molecule has 154 valence electrons. The van der Waals surface area contributed by atoms with E-state index in [-0.39, 0.29) is 11.9 Å². The van der Waals surface area contributed by atoms with E-state index in [4.69, 9.17) is 9.47 Å². The van der Waals surface area contributed by atoms with Gasteiger partial charge in [0.25, 0.3) is 0 Å². The lowest BCUT2D eigenvalue weighted by Gasteiger charge is -2.41. The maximum Gasteiger partial charge on any atom is 0.321 e. The number of amides is 4. The molecule has 2 N–H and O–H groups in total. The number of methoxy groups -OCH3 is 2. The van der Waals surface area contributed by atoms with Crippen LogP contribution in [-0.4, -0.2) is 69.7 Å². The molecular weight excluding hydrogens is 364 g/mol. The first kappa shape index (κ1) is 21.3. The summed E-state index contributed by atoms with van der Waals surface area (Å²) in [4.78, 5) is 37.8. The van der Waals surface area contributed by atoms with Crippen LogP contribution in [0.15, 0.2) is 18.2 Å². The van der Waals surface area contributed by atoms with Gasteiger partial charge in [-0.25, -0.2) is 4.79 Å². The summed E-state index contributed by atoms with van der Waals surface area (Å²) in [7, 11) is 3.24. The molecule has 1 aliphatic rings. The van der Waals surface area contributed by atoms with Crippen molar-refractivity contribution in [3.05, 3.63) is 18.2 Å². The maximum atomic E-state index is 12.4. The third kappa shape index (κ3) is 5.77. The third-order valence-corrected chi connectivity index (χ3v) is 4.69. The van der Waals surface area contributed by atoms with Crippen LogP contribution in [0.2, 0.25) is 0 Å². The lowest BCUT2D eigenvalue weighted by atomic mass is 10.1. The number of carbonyl (C=O) groups is 3. The molecule has 2 rings (SSSR count). The number of urea groups is 1. The Morgan fingerprint density at radius 1 is 1.18 bits per heavy atom. The number of piperazine rings is 1. The van der Waals surface area contributed by atoms with Crippen LogP contribution in [-0.2, 0) is 9.59 Å². The van der Waals surface area contributed by atoms with E-state index in [1.165, 1.54) is 0 Å². The van der Waals surface area contributed by atoms with Gasteiger partial charge in [-0.1, -0.05) is 0 Å². The monoisotopic (exact) mass is 392 g/mol. The van der Waals surface area contributed by atoms with Gasteiger partial charge in [-0.05, 0) is 13.3 Å². The van der Waals surface area contributed by atoms with Crippen molar-refractivity contribution in [1.82, 2.24) is 15.5 Å². The second-order valence-corrected chi connectivity index (χ2v) is 6.57. The molecule has 0 aliphatic carbocycles. The number of nitrogens with zero attached hydrogens (tertiary/aromatic N) is 2. The Kier molecular flexibility index (Phi) is 7.91. The fraction of sp³-hybridized carbons (Fsp3) is 0.526. The predicted molar refractivity (Wildman–Crippen MR) is 105 cm³/mol.